The van der Waals surface area contributed by atoms with Gasteiger partial charge in [-0.2, -0.15) is 0 Å². The molecule has 1 heterocycles. The summed E-state index contributed by atoms with van der Waals surface area (Å²) in [5.41, 5.74) is -2.37. The van der Waals surface area contributed by atoms with Gasteiger partial charge in [0.05, 0.1) is 18.1 Å². The second-order valence-corrected chi connectivity index (χ2v) is 12.0. The molecule has 4 N–H and O–H groups in total. The molecule has 0 aromatic heterocycles. The Balaban J connectivity index is 1.59. The third kappa shape index (κ3) is 2.67. The maximum absolute atomic E-state index is 13.4. The zero-order chi connectivity index (χ0) is 24.8. The van der Waals surface area contributed by atoms with Gasteiger partial charge in [0.1, 0.15) is 30.0 Å². The zero-order valence-corrected chi connectivity index (χ0v) is 20.4. The fourth-order valence-corrected chi connectivity index (χ4v) is 9.02. The lowest BCUT2D eigenvalue weighted by molar-refractivity contribution is -0.304. The summed E-state index contributed by atoms with van der Waals surface area (Å²) in [4.78, 5) is 26.4. The van der Waals surface area contributed by atoms with Crippen LogP contribution < -0.4 is 0 Å². The number of carboxylic acid groups (broad SMARTS) is 1. The van der Waals surface area contributed by atoms with Crippen molar-refractivity contribution in [3.05, 3.63) is 11.6 Å². The standard InChI is InChI=1S/C26H38O8/c1-12(2)18-7-15-8-24(10-27)17-6-5-13(3)16(17)9-25(15,26(18,24)23(31)32)11-33-22-21(30)20(29)19(28)14(4)34-22/h7,10,12-17,19-22,28-30H,5-6,8-9,11H2,1-4H3,(H,31,32)/t13?,14-,15?,16?,17?,19-,20-,21-,22-,24?,25?,26?/m1/s1. The minimum Gasteiger partial charge on any atom is -0.481 e. The minimum atomic E-state index is -1.46. The van der Waals surface area contributed by atoms with E-state index in [9.17, 15) is 30.0 Å². The average Bonchev–Trinajstić information content (AvgIpc) is 3.36. The molecule has 1 aliphatic heterocycles. The molecule has 0 aromatic rings. The summed E-state index contributed by atoms with van der Waals surface area (Å²) in [5, 5.41) is 41.8. The molecule has 7 unspecified atom stereocenters. The molecule has 4 bridgehead atoms. The molecule has 8 nitrogen and oxygen atoms in total. The van der Waals surface area contributed by atoms with Gasteiger partial charge in [-0.05, 0) is 55.8 Å². The summed E-state index contributed by atoms with van der Waals surface area (Å²) in [6.45, 7) is 7.76. The number of rotatable bonds is 6. The summed E-state index contributed by atoms with van der Waals surface area (Å²) in [5.74, 6) is -0.472. The summed E-state index contributed by atoms with van der Waals surface area (Å²) in [7, 11) is 0. The van der Waals surface area contributed by atoms with Crippen molar-refractivity contribution in [2.45, 2.75) is 84.1 Å². The van der Waals surface area contributed by atoms with Gasteiger partial charge in [-0.1, -0.05) is 38.8 Å². The molecule has 0 spiro atoms. The predicted molar refractivity (Wildman–Crippen MR) is 120 cm³/mol. The summed E-state index contributed by atoms with van der Waals surface area (Å²) >= 11 is 0. The summed E-state index contributed by atoms with van der Waals surface area (Å²) in [6.07, 6.45) is -0.0313. The van der Waals surface area contributed by atoms with Crippen molar-refractivity contribution in [2.24, 2.45) is 45.8 Å². The number of aliphatic carboxylic acids is 1. The van der Waals surface area contributed by atoms with Crippen LogP contribution in [0.4, 0.5) is 0 Å². The Morgan fingerprint density at radius 2 is 1.88 bits per heavy atom. The van der Waals surface area contributed by atoms with Crippen LogP contribution >= 0.6 is 0 Å². The van der Waals surface area contributed by atoms with Crippen molar-refractivity contribution >= 4 is 12.3 Å². The second kappa shape index (κ2) is 7.84. The first kappa shape index (κ1) is 24.4. The van der Waals surface area contributed by atoms with Gasteiger partial charge in [0, 0.05) is 5.41 Å². The molecule has 4 fully saturated rings. The van der Waals surface area contributed by atoms with Crippen LogP contribution in [-0.2, 0) is 19.1 Å². The molecule has 5 rings (SSSR count). The third-order valence-corrected chi connectivity index (χ3v) is 10.4. The van der Waals surface area contributed by atoms with Crippen LogP contribution in [-0.4, -0.2) is 70.0 Å². The molecule has 3 saturated carbocycles. The summed E-state index contributed by atoms with van der Waals surface area (Å²) < 4.78 is 11.8. The Morgan fingerprint density at radius 1 is 1.18 bits per heavy atom. The molecule has 5 aliphatic rings. The van der Waals surface area contributed by atoms with Gasteiger partial charge in [0.2, 0.25) is 0 Å². The van der Waals surface area contributed by atoms with Crippen LogP contribution in [0.3, 0.4) is 0 Å². The SMILES string of the molecule is CC(C)C1=CC2CC3(C=O)C4CCC(C)C4CC2(CO[C@@H]2O[C@H](C)[C@@H](O)[C@@H](O)[C@H]2O)C13C(=O)O. The molecule has 0 radical (unpaired) electrons. The fourth-order valence-electron chi connectivity index (χ4n) is 9.02. The Kier molecular flexibility index (Phi) is 5.62. The van der Waals surface area contributed by atoms with Gasteiger partial charge in [0.25, 0.3) is 0 Å². The lowest BCUT2D eigenvalue weighted by Crippen LogP contribution is -2.64. The van der Waals surface area contributed by atoms with E-state index in [0.29, 0.717) is 18.8 Å². The van der Waals surface area contributed by atoms with E-state index in [0.717, 1.165) is 24.7 Å². The van der Waals surface area contributed by atoms with E-state index in [1.807, 2.05) is 13.8 Å². The third-order valence-electron chi connectivity index (χ3n) is 10.4. The number of carboxylic acids is 1. The highest BCUT2D eigenvalue weighted by Crippen LogP contribution is 2.82. The largest absolute Gasteiger partial charge is 0.481 e. The van der Waals surface area contributed by atoms with Crippen LogP contribution in [0.2, 0.25) is 0 Å². The molecule has 34 heavy (non-hydrogen) atoms. The Morgan fingerprint density at radius 3 is 2.50 bits per heavy atom. The fraction of sp³-hybridized carbons (Fsp3) is 0.846. The zero-order valence-electron chi connectivity index (χ0n) is 20.4. The molecule has 0 aromatic carbocycles. The van der Waals surface area contributed by atoms with Gasteiger partial charge in [0.15, 0.2) is 6.29 Å². The van der Waals surface area contributed by atoms with E-state index >= 15 is 0 Å². The Labute approximate surface area is 200 Å². The average molecular weight is 479 g/mol. The number of aliphatic hydroxyl groups is 3. The number of carbonyl (C=O) groups is 2. The lowest BCUT2D eigenvalue weighted by atomic mass is 9.43. The van der Waals surface area contributed by atoms with Gasteiger partial charge in [-0.3, -0.25) is 4.79 Å². The van der Waals surface area contributed by atoms with Crippen molar-refractivity contribution in [1.82, 2.24) is 0 Å². The highest BCUT2D eigenvalue weighted by molar-refractivity contribution is 5.90. The number of fused-ring (bicyclic) bond motifs is 2. The number of carbonyl (C=O) groups excluding carboxylic acids is 1. The van der Waals surface area contributed by atoms with E-state index in [1.54, 1.807) is 6.92 Å². The van der Waals surface area contributed by atoms with E-state index in [4.69, 9.17) is 9.47 Å². The molecule has 4 aliphatic carbocycles. The number of aldehydes is 1. The number of ether oxygens (including phenoxy) is 2. The van der Waals surface area contributed by atoms with Gasteiger partial charge in [-0.25, -0.2) is 0 Å². The van der Waals surface area contributed by atoms with Crippen molar-refractivity contribution in [3.63, 3.8) is 0 Å². The first-order valence-electron chi connectivity index (χ1n) is 12.7. The van der Waals surface area contributed by atoms with E-state index < -0.39 is 52.9 Å². The molecule has 190 valence electrons. The first-order chi connectivity index (χ1) is 16.0. The maximum Gasteiger partial charge on any atom is 0.315 e. The Bertz CT molecular complexity index is 901. The van der Waals surface area contributed by atoms with Crippen LogP contribution in [0.1, 0.15) is 53.4 Å². The quantitative estimate of drug-likeness (QED) is 0.335. The predicted octanol–water partition coefficient (Wildman–Crippen LogP) is 1.76. The number of aliphatic hydroxyl groups excluding tert-OH is 3. The van der Waals surface area contributed by atoms with Crippen molar-refractivity contribution in [1.29, 1.82) is 0 Å². The second-order valence-electron chi connectivity index (χ2n) is 12.0. The maximum atomic E-state index is 13.4. The molecular formula is C26H38O8. The Hall–Kier alpha value is -1.32. The highest BCUT2D eigenvalue weighted by Gasteiger charge is 2.84. The van der Waals surface area contributed by atoms with Crippen LogP contribution in [0.15, 0.2) is 11.6 Å². The normalized spacial score (nSPS) is 53.6. The summed E-state index contributed by atoms with van der Waals surface area (Å²) in [6, 6.07) is 0. The smallest absolute Gasteiger partial charge is 0.315 e. The van der Waals surface area contributed by atoms with Crippen molar-refractivity contribution in [2.75, 3.05) is 6.61 Å². The van der Waals surface area contributed by atoms with E-state index in [1.165, 1.54) is 0 Å². The van der Waals surface area contributed by atoms with E-state index in [2.05, 4.69) is 13.0 Å². The van der Waals surface area contributed by atoms with Crippen molar-refractivity contribution < 1.29 is 39.5 Å². The molecular weight excluding hydrogens is 440 g/mol. The minimum absolute atomic E-state index is 0.000517. The number of allylic oxidation sites excluding steroid dienone is 1. The van der Waals surface area contributed by atoms with Crippen LogP contribution in [0.5, 0.6) is 0 Å². The number of hydrogen-bond donors (Lipinski definition) is 4. The number of hydrogen-bond acceptors (Lipinski definition) is 7. The highest BCUT2D eigenvalue weighted by atomic mass is 16.7. The molecule has 8 heteroatoms. The topological polar surface area (TPSA) is 134 Å². The molecule has 1 saturated heterocycles. The van der Waals surface area contributed by atoms with Crippen LogP contribution in [0, 0.1) is 45.8 Å². The van der Waals surface area contributed by atoms with Gasteiger partial charge < -0.3 is 34.7 Å². The monoisotopic (exact) mass is 478 g/mol. The van der Waals surface area contributed by atoms with E-state index in [-0.39, 0.29) is 30.3 Å². The molecule has 0 amide bonds. The van der Waals surface area contributed by atoms with Gasteiger partial charge in [-0.15, -0.1) is 0 Å². The van der Waals surface area contributed by atoms with Gasteiger partial charge >= 0.3 is 5.97 Å². The van der Waals surface area contributed by atoms with Crippen molar-refractivity contribution in [3.8, 4) is 0 Å². The van der Waals surface area contributed by atoms with Crippen LogP contribution in [0.25, 0.3) is 0 Å². The first-order valence-corrected chi connectivity index (χ1v) is 12.7. The lowest BCUT2D eigenvalue weighted by Gasteiger charge is -2.58. The molecule has 12 atom stereocenters.